The molecule has 4 heteroatoms. The van der Waals surface area contributed by atoms with Crippen molar-refractivity contribution in [2.45, 2.75) is 19.9 Å². The highest BCUT2D eigenvalue weighted by molar-refractivity contribution is 5.81. The molecule has 0 radical (unpaired) electrons. The fraction of sp³-hybridized carbons (Fsp3) is 0.909. The fourth-order valence-corrected chi connectivity index (χ4v) is 1.98. The van der Waals surface area contributed by atoms with Crippen molar-refractivity contribution in [1.82, 2.24) is 15.5 Å². The predicted octanol–water partition coefficient (Wildman–Crippen LogP) is -0.0918. The van der Waals surface area contributed by atoms with Gasteiger partial charge < -0.3 is 10.6 Å². The van der Waals surface area contributed by atoms with Crippen molar-refractivity contribution in [1.29, 1.82) is 0 Å². The fourth-order valence-electron chi connectivity index (χ4n) is 1.98. The van der Waals surface area contributed by atoms with E-state index in [1.807, 2.05) is 19.0 Å². The molecule has 0 unspecified atom stereocenters. The second kappa shape index (κ2) is 5.47. The first kappa shape index (κ1) is 12.5. The molecule has 1 fully saturated rings. The van der Waals surface area contributed by atoms with Crippen LogP contribution in [0.15, 0.2) is 0 Å². The van der Waals surface area contributed by atoms with Gasteiger partial charge in [0.1, 0.15) is 0 Å². The van der Waals surface area contributed by atoms with Crippen molar-refractivity contribution in [3.05, 3.63) is 0 Å². The van der Waals surface area contributed by atoms with E-state index in [0.717, 1.165) is 19.6 Å². The van der Waals surface area contributed by atoms with E-state index in [1.165, 1.54) is 0 Å². The standard InChI is InChI=1S/C11H23N3O/c1-8(2)10(14(3)4)11(15)13-7-9-5-12-6-9/h8-10,12H,5-7H2,1-4H3,(H,13,15)/t10-/m1/s1. The summed E-state index contributed by atoms with van der Waals surface area (Å²) in [5.74, 6) is 1.13. The van der Waals surface area contributed by atoms with Crippen LogP contribution >= 0.6 is 0 Å². The molecule has 1 aliphatic rings. The molecule has 2 N–H and O–H groups in total. The molecule has 1 atom stereocenters. The van der Waals surface area contributed by atoms with E-state index in [4.69, 9.17) is 0 Å². The lowest BCUT2D eigenvalue weighted by Crippen LogP contribution is -2.52. The maximum Gasteiger partial charge on any atom is 0.237 e. The summed E-state index contributed by atoms with van der Waals surface area (Å²) in [4.78, 5) is 13.9. The molecule has 0 aromatic heterocycles. The molecule has 0 spiro atoms. The molecular weight excluding hydrogens is 190 g/mol. The minimum absolute atomic E-state index is 0.0157. The molecule has 0 aliphatic carbocycles. The molecule has 0 aromatic rings. The smallest absolute Gasteiger partial charge is 0.237 e. The lowest BCUT2D eigenvalue weighted by Gasteiger charge is -2.30. The minimum atomic E-state index is -0.0157. The van der Waals surface area contributed by atoms with Crippen molar-refractivity contribution in [2.24, 2.45) is 11.8 Å². The number of carbonyl (C=O) groups excluding carboxylic acids is 1. The average Bonchev–Trinajstić information content (AvgIpc) is 1.99. The van der Waals surface area contributed by atoms with Gasteiger partial charge in [0, 0.05) is 25.6 Å². The molecule has 0 bridgehead atoms. The average molecular weight is 213 g/mol. The quantitative estimate of drug-likeness (QED) is 0.671. The van der Waals surface area contributed by atoms with Gasteiger partial charge in [-0.2, -0.15) is 0 Å². The van der Waals surface area contributed by atoms with Crippen LogP contribution in [0.25, 0.3) is 0 Å². The first-order chi connectivity index (χ1) is 7.02. The maximum absolute atomic E-state index is 11.9. The van der Waals surface area contributed by atoms with Gasteiger partial charge in [0.15, 0.2) is 0 Å². The van der Waals surface area contributed by atoms with Crippen molar-refractivity contribution < 1.29 is 4.79 Å². The van der Waals surface area contributed by atoms with Crippen molar-refractivity contribution in [3.8, 4) is 0 Å². The minimum Gasteiger partial charge on any atom is -0.354 e. The highest BCUT2D eigenvalue weighted by Gasteiger charge is 2.25. The number of hydrogen-bond donors (Lipinski definition) is 2. The first-order valence-electron chi connectivity index (χ1n) is 5.67. The molecule has 1 saturated heterocycles. The summed E-state index contributed by atoms with van der Waals surface area (Å²) in [5.41, 5.74) is 0. The van der Waals surface area contributed by atoms with Crippen LogP contribution in [0.5, 0.6) is 0 Å². The number of rotatable bonds is 5. The lowest BCUT2D eigenvalue weighted by atomic mass is 10.0. The van der Waals surface area contributed by atoms with E-state index in [0.29, 0.717) is 11.8 Å². The van der Waals surface area contributed by atoms with E-state index in [1.54, 1.807) is 0 Å². The van der Waals surface area contributed by atoms with Gasteiger partial charge in [-0.05, 0) is 20.0 Å². The zero-order chi connectivity index (χ0) is 11.4. The van der Waals surface area contributed by atoms with Gasteiger partial charge in [-0.15, -0.1) is 0 Å². The van der Waals surface area contributed by atoms with Crippen LogP contribution in [0, 0.1) is 11.8 Å². The highest BCUT2D eigenvalue weighted by atomic mass is 16.2. The molecule has 1 aliphatic heterocycles. The largest absolute Gasteiger partial charge is 0.354 e. The second-order valence-corrected chi connectivity index (χ2v) is 4.92. The molecule has 1 heterocycles. The number of nitrogens with one attached hydrogen (secondary N) is 2. The van der Waals surface area contributed by atoms with Crippen LogP contribution in [0.4, 0.5) is 0 Å². The molecule has 0 saturated carbocycles. The summed E-state index contributed by atoms with van der Waals surface area (Å²) < 4.78 is 0. The van der Waals surface area contributed by atoms with E-state index in [-0.39, 0.29) is 11.9 Å². The summed E-state index contributed by atoms with van der Waals surface area (Å²) in [6.07, 6.45) is 0. The van der Waals surface area contributed by atoms with E-state index >= 15 is 0 Å². The predicted molar refractivity (Wildman–Crippen MR) is 61.7 cm³/mol. The van der Waals surface area contributed by atoms with Gasteiger partial charge in [0.2, 0.25) is 5.91 Å². The maximum atomic E-state index is 11.9. The second-order valence-electron chi connectivity index (χ2n) is 4.92. The Balaban J connectivity index is 2.34. The Bertz CT molecular complexity index is 204. The van der Waals surface area contributed by atoms with Gasteiger partial charge in [-0.1, -0.05) is 13.8 Å². The number of carbonyl (C=O) groups is 1. The number of nitrogens with zero attached hydrogens (tertiary/aromatic N) is 1. The topological polar surface area (TPSA) is 44.4 Å². The van der Waals surface area contributed by atoms with Crippen LogP contribution in [0.3, 0.4) is 0 Å². The van der Waals surface area contributed by atoms with E-state index < -0.39 is 0 Å². The van der Waals surface area contributed by atoms with Crippen LogP contribution in [-0.4, -0.2) is 50.6 Å². The third kappa shape index (κ3) is 3.47. The van der Waals surface area contributed by atoms with Crippen molar-refractivity contribution >= 4 is 5.91 Å². The van der Waals surface area contributed by atoms with Crippen molar-refractivity contribution in [2.75, 3.05) is 33.7 Å². The Morgan fingerprint density at radius 1 is 1.47 bits per heavy atom. The van der Waals surface area contributed by atoms with Crippen LogP contribution in [0.2, 0.25) is 0 Å². The third-order valence-corrected chi connectivity index (χ3v) is 2.89. The summed E-state index contributed by atoms with van der Waals surface area (Å²) in [5, 5.41) is 6.22. The van der Waals surface area contributed by atoms with Gasteiger partial charge in [-0.3, -0.25) is 9.69 Å². The Labute approximate surface area is 92.4 Å². The van der Waals surface area contributed by atoms with Crippen LogP contribution in [-0.2, 0) is 4.79 Å². The SMILES string of the molecule is CC(C)[C@H](C(=O)NCC1CNC1)N(C)C. The normalized spacial score (nSPS) is 19.1. The van der Waals surface area contributed by atoms with Gasteiger partial charge >= 0.3 is 0 Å². The van der Waals surface area contributed by atoms with Gasteiger partial charge in [0.25, 0.3) is 0 Å². The summed E-state index contributed by atoms with van der Waals surface area (Å²) in [7, 11) is 3.91. The Kier molecular flexibility index (Phi) is 4.54. The number of hydrogen-bond acceptors (Lipinski definition) is 3. The Morgan fingerprint density at radius 3 is 2.40 bits per heavy atom. The van der Waals surface area contributed by atoms with Crippen molar-refractivity contribution in [3.63, 3.8) is 0 Å². The summed E-state index contributed by atoms with van der Waals surface area (Å²) in [6, 6.07) is -0.0157. The monoisotopic (exact) mass is 213 g/mol. The third-order valence-electron chi connectivity index (χ3n) is 2.89. The molecule has 15 heavy (non-hydrogen) atoms. The van der Waals surface area contributed by atoms with Gasteiger partial charge in [0.05, 0.1) is 6.04 Å². The summed E-state index contributed by atoms with van der Waals surface area (Å²) >= 11 is 0. The van der Waals surface area contributed by atoms with Crippen LogP contribution in [0.1, 0.15) is 13.8 Å². The zero-order valence-electron chi connectivity index (χ0n) is 10.2. The van der Waals surface area contributed by atoms with E-state index in [9.17, 15) is 4.79 Å². The molecule has 1 amide bonds. The molecule has 1 rings (SSSR count). The first-order valence-corrected chi connectivity index (χ1v) is 5.67. The Morgan fingerprint density at radius 2 is 2.07 bits per heavy atom. The molecule has 4 nitrogen and oxygen atoms in total. The molecule has 88 valence electrons. The van der Waals surface area contributed by atoms with Gasteiger partial charge in [-0.25, -0.2) is 0 Å². The molecular formula is C11H23N3O. The highest BCUT2D eigenvalue weighted by Crippen LogP contribution is 2.08. The summed E-state index contributed by atoms with van der Waals surface area (Å²) in [6.45, 7) is 7.04. The number of likely N-dealkylation sites (N-methyl/N-ethyl adjacent to an activating group) is 1. The lowest BCUT2D eigenvalue weighted by molar-refractivity contribution is -0.127. The zero-order valence-corrected chi connectivity index (χ0v) is 10.2. The Hall–Kier alpha value is -0.610. The number of amides is 1. The van der Waals surface area contributed by atoms with E-state index in [2.05, 4.69) is 24.5 Å². The van der Waals surface area contributed by atoms with Crippen LogP contribution < -0.4 is 10.6 Å². The molecule has 0 aromatic carbocycles.